The van der Waals surface area contributed by atoms with Crippen LogP contribution in [0.15, 0.2) is 79.2 Å². The Balaban J connectivity index is 1.36. The maximum Gasteiger partial charge on any atom is 0.336 e. The summed E-state index contributed by atoms with van der Waals surface area (Å²) in [7, 11) is 0. The number of anilines is 1. The Morgan fingerprint density at radius 1 is 1.02 bits per heavy atom. The van der Waals surface area contributed by atoms with Crippen molar-refractivity contribution >= 4 is 35.5 Å². The second-order valence-electron chi connectivity index (χ2n) is 16.1. The lowest BCUT2D eigenvalue weighted by atomic mass is 9.77. The number of carbonyl (C=O) groups excluding carboxylic acids is 2. The fourth-order valence-electron chi connectivity index (χ4n) is 7.71. The molecule has 4 aromatic rings. The molecule has 0 N–H and O–H groups in total. The van der Waals surface area contributed by atoms with Gasteiger partial charge in [0.1, 0.15) is 11.4 Å². The van der Waals surface area contributed by atoms with Crippen molar-refractivity contribution in [3.63, 3.8) is 0 Å². The van der Waals surface area contributed by atoms with Gasteiger partial charge in [-0.05, 0) is 137 Å². The number of aromatic nitrogens is 3. The first-order valence-electron chi connectivity index (χ1n) is 21.9. The first-order chi connectivity index (χ1) is 30.9. The number of non-ortho nitro benzene ring substituents is 1. The molecular formula is C50H57F2N5O7. The maximum atomic E-state index is 15.4. The molecule has 1 saturated carbocycles. The zero-order valence-corrected chi connectivity index (χ0v) is 36.9. The van der Waals surface area contributed by atoms with Gasteiger partial charge >= 0.3 is 11.9 Å². The van der Waals surface area contributed by atoms with Gasteiger partial charge in [-0.15, -0.1) is 17.4 Å². The molecule has 64 heavy (non-hydrogen) atoms. The van der Waals surface area contributed by atoms with Crippen LogP contribution in [0.1, 0.15) is 119 Å². The number of rotatable bonds is 23. The molecule has 3 aromatic carbocycles. The van der Waals surface area contributed by atoms with Gasteiger partial charge in [-0.1, -0.05) is 31.6 Å². The number of hydrogen-bond acceptors (Lipinski definition) is 10. The van der Waals surface area contributed by atoms with E-state index in [1.165, 1.54) is 28.9 Å². The fraction of sp³-hybridized carbons (Fsp3) is 0.400. The molecule has 0 atom stereocenters. The monoisotopic (exact) mass is 877 g/mol. The molecule has 14 heteroatoms. The fourth-order valence-corrected chi connectivity index (χ4v) is 7.71. The lowest BCUT2D eigenvalue weighted by Crippen LogP contribution is -2.19. The molecule has 1 aliphatic carbocycles. The highest BCUT2D eigenvalue weighted by molar-refractivity contribution is 5.91. The molecule has 1 aromatic heterocycles. The Bertz CT molecular complexity index is 2320. The van der Waals surface area contributed by atoms with E-state index in [4.69, 9.17) is 20.6 Å². The number of hydrogen-bond donors (Lipinski definition) is 0. The van der Waals surface area contributed by atoms with Crippen LogP contribution in [-0.4, -0.2) is 51.6 Å². The van der Waals surface area contributed by atoms with Gasteiger partial charge in [-0.3, -0.25) is 10.1 Å². The predicted molar refractivity (Wildman–Crippen MR) is 244 cm³/mol. The molecule has 1 heterocycles. The number of aryl methyl sites for hydroxylation is 1. The van der Waals surface area contributed by atoms with E-state index in [0.717, 1.165) is 75.8 Å². The van der Waals surface area contributed by atoms with E-state index in [1.54, 1.807) is 43.6 Å². The number of carbonyl (C=O) groups is 2. The molecule has 1 aliphatic rings. The van der Waals surface area contributed by atoms with Gasteiger partial charge < -0.3 is 19.1 Å². The zero-order chi connectivity index (χ0) is 46.0. The van der Waals surface area contributed by atoms with Gasteiger partial charge in [-0.2, -0.15) is 0 Å². The van der Waals surface area contributed by atoms with Crippen LogP contribution in [0, 0.1) is 46.9 Å². The Labute approximate surface area is 374 Å². The Morgan fingerprint density at radius 2 is 1.72 bits per heavy atom. The molecule has 338 valence electrons. The standard InChI is InChI=1S/C50H57F2N5O7/c1-6-8-11-26-55(27-25-40-34-56(54-53-40)41-19-21-42(22-20-41)57(60)61)47-33-43(62-28-12-9-10-13-29-63-50(59)35(3)4)30-36(5)44(47)23-24-48(58)64-49-45(51)31-39(32-46(49)52)38-17-15-37(14-7-2)16-18-38/h1,19-25,27,30-34,37-38H,3,7-18,26,28-29H2,2,4-5H3/b24-23+,27-25+. The highest BCUT2D eigenvalue weighted by Gasteiger charge is 2.25. The number of esters is 2. The normalized spacial score (nSPS) is 14.9. The molecule has 0 amide bonds. The molecule has 1 fully saturated rings. The third-order valence-electron chi connectivity index (χ3n) is 11.1. The number of nitro groups is 1. The smallest absolute Gasteiger partial charge is 0.336 e. The highest BCUT2D eigenvalue weighted by Crippen LogP contribution is 2.39. The zero-order valence-electron chi connectivity index (χ0n) is 36.9. The second kappa shape index (κ2) is 24.3. The summed E-state index contributed by atoms with van der Waals surface area (Å²) in [5.41, 5.74) is 3.96. The molecule has 0 radical (unpaired) electrons. The average molecular weight is 878 g/mol. The van der Waals surface area contributed by atoms with Crippen molar-refractivity contribution in [2.24, 2.45) is 5.92 Å². The summed E-state index contributed by atoms with van der Waals surface area (Å²) in [5, 5.41) is 19.6. The Morgan fingerprint density at radius 3 is 2.38 bits per heavy atom. The molecule has 5 rings (SSSR count). The van der Waals surface area contributed by atoms with E-state index < -0.39 is 34.2 Å². The lowest BCUT2D eigenvalue weighted by Gasteiger charge is -2.28. The molecule has 0 bridgehead atoms. The van der Waals surface area contributed by atoms with Crippen molar-refractivity contribution < 1.29 is 37.5 Å². The minimum absolute atomic E-state index is 0.0479. The van der Waals surface area contributed by atoms with Crippen LogP contribution in [0.2, 0.25) is 0 Å². The number of benzene rings is 3. The van der Waals surface area contributed by atoms with E-state index in [9.17, 15) is 19.7 Å². The molecule has 0 spiro atoms. The van der Waals surface area contributed by atoms with E-state index in [0.29, 0.717) is 78.0 Å². The van der Waals surface area contributed by atoms with Crippen LogP contribution in [0.3, 0.4) is 0 Å². The first-order valence-corrected chi connectivity index (χ1v) is 21.9. The van der Waals surface area contributed by atoms with Crippen LogP contribution < -0.4 is 14.4 Å². The number of nitrogens with zero attached hydrogens (tertiary/aromatic N) is 5. The highest BCUT2D eigenvalue weighted by atomic mass is 19.1. The van der Waals surface area contributed by atoms with Crippen molar-refractivity contribution in [1.82, 2.24) is 15.0 Å². The SMILES string of the molecule is C#CCCCN(/C=C/c1cn(-c2ccc([N+](=O)[O-])cc2)nn1)c1cc(OCCCCCCOC(=O)C(=C)C)cc(C)c1/C=C/C(=O)Oc1c(F)cc(C2CCC(CCC)CC2)cc1F. The third kappa shape index (κ3) is 14.2. The topological polar surface area (TPSA) is 139 Å². The number of terminal acetylenes is 1. The van der Waals surface area contributed by atoms with Crippen molar-refractivity contribution in [2.45, 2.75) is 104 Å². The van der Waals surface area contributed by atoms with Crippen LogP contribution >= 0.6 is 0 Å². The summed E-state index contributed by atoms with van der Waals surface area (Å²) in [6, 6.07) is 12.2. The summed E-state index contributed by atoms with van der Waals surface area (Å²) in [6.07, 6.45) is 23.9. The summed E-state index contributed by atoms with van der Waals surface area (Å²) in [5.74, 6) is 0.00487. The van der Waals surface area contributed by atoms with E-state index in [2.05, 4.69) is 29.7 Å². The van der Waals surface area contributed by atoms with Crippen LogP contribution in [-0.2, 0) is 14.3 Å². The minimum atomic E-state index is -0.956. The number of halogens is 2. The van der Waals surface area contributed by atoms with Crippen molar-refractivity contribution in [1.29, 1.82) is 0 Å². The Hall–Kier alpha value is -6.62. The van der Waals surface area contributed by atoms with Gasteiger partial charge in [0, 0.05) is 54.6 Å². The molecule has 0 saturated heterocycles. The number of unbranched alkanes of at least 4 members (excludes halogenated alkanes) is 4. The minimum Gasteiger partial charge on any atom is -0.494 e. The lowest BCUT2D eigenvalue weighted by molar-refractivity contribution is -0.384. The van der Waals surface area contributed by atoms with Gasteiger partial charge in [0.2, 0.25) is 5.75 Å². The van der Waals surface area contributed by atoms with Gasteiger partial charge in [0.25, 0.3) is 5.69 Å². The maximum absolute atomic E-state index is 15.4. The molecule has 0 aliphatic heterocycles. The van der Waals surface area contributed by atoms with E-state index in [-0.39, 0.29) is 11.6 Å². The summed E-state index contributed by atoms with van der Waals surface area (Å²) < 4.78 is 49.0. The average Bonchev–Trinajstić information content (AvgIpc) is 3.76. The predicted octanol–water partition coefficient (Wildman–Crippen LogP) is 11.4. The van der Waals surface area contributed by atoms with Crippen molar-refractivity contribution in [3.05, 3.63) is 123 Å². The van der Waals surface area contributed by atoms with E-state index in [1.807, 2.05) is 24.0 Å². The second-order valence-corrected chi connectivity index (χ2v) is 16.1. The van der Waals surface area contributed by atoms with Crippen molar-refractivity contribution in [2.75, 3.05) is 24.7 Å². The van der Waals surface area contributed by atoms with E-state index >= 15 is 8.78 Å². The molecule has 12 nitrogen and oxygen atoms in total. The summed E-state index contributed by atoms with van der Waals surface area (Å²) in [6.45, 7) is 10.4. The quantitative estimate of drug-likeness (QED) is 0.0135. The van der Waals surface area contributed by atoms with Crippen molar-refractivity contribution in [3.8, 4) is 29.5 Å². The van der Waals surface area contributed by atoms with Gasteiger partial charge in [0.15, 0.2) is 11.6 Å². The number of ether oxygens (including phenoxy) is 3. The summed E-state index contributed by atoms with van der Waals surface area (Å²) in [4.78, 5) is 37.5. The van der Waals surface area contributed by atoms with Crippen LogP contribution in [0.4, 0.5) is 20.2 Å². The molecule has 0 unspecified atom stereocenters. The van der Waals surface area contributed by atoms with Gasteiger partial charge in [-0.25, -0.2) is 23.1 Å². The molecular weight excluding hydrogens is 821 g/mol. The van der Waals surface area contributed by atoms with Gasteiger partial charge in [0.05, 0.1) is 35.7 Å². The number of nitro benzene ring substituents is 1. The largest absolute Gasteiger partial charge is 0.494 e. The third-order valence-corrected chi connectivity index (χ3v) is 11.1. The van der Waals surface area contributed by atoms with Crippen LogP contribution in [0.5, 0.6) is 11.5 Å². The Kier molecular flexibility index (Phi) is 18.4. The van der Waals surface area contributed by atoms with Crippen LogP contribution in [0.25, 0.3) is 17.8 Å². The first kappa shape index (κ1) is 48.4. The summed E-state index contributed by atoms with van der Waals surface area (Å²) >= 11 is 0.